The number of hydrogen-bond acceptors (Lipinski definition) is 2. The SMILES string of the molecule is CNCC(C(=O)NCCCC(C)C)C(C)C. The quantitative estimate of drug-likeness (QED) is 0.624. The zero-order valence-electron chi connectivity index (χ0n) is 11.5. The predicted molar refractivity (Wildman–Crippen MR) is 69.3 cm³/mol. The highest BCUT2D eigenvalue weighted by Crippen LogP contribution is 2.10. The molecule has 0 aromatic heterocycles. The first-order chi connectivity index (χ1) is 7.49. The van der Waals surface area contributed by atoms with Gasteiger partial charge in [0.1, 0.15) is 0 Å². The topological polar surface area (TPSA) is 41.1 Å². The van der Waals surface area contributed by atoms with Crippen molar-refractivity contribution < 1.29 is 4.79 Å². The van der Waals surface area contributed by atoms with E-state index in [2.05, 4.69) is 38.3 Å². The lowest BCUT2D eigenvalue weighted by molar-refractivity contribution is -0.126. The Bertz CT molecular complexity index is 190. The van der Waals surface area contributed by atoms with Gasteiger partial charge in [-0.05, 0) is 31.7 Å². The van der Waals surface area contributed by atoms with Crippen molar-refractivity contribution in [2.75, 3.05) is 20.1 Å². The van der Waals surface area contributed by atoms with E-state index in [0.717, 1.165) is 25.4 Å². The molecule has 0 aliphatic carbocycles. The van der Waals surface area contributed by atoms with Gasteiger partial charge in [-0.25, -0.2) is 0 Å². The van der Waals surface area contributed by atoms with Gasteiger partial charge in [-0.2, -0.15) is 0 Å². The van der Waals surface area contributed by atoms with Crippen molar-refractivity contribution in [2.24, 2.45) is 17.8 Å². The molecule has 0 spiro atoms. The summed E-state index contributed by atoms with van der Waals surface area (Å²) in [5, 5.41) is 6.10. The van der Waals surface area contributed by atoms with Crippen LogP contribution in [0, 0.1) is 17.8 Å². The first-order valence-electron chi connectivity index (χ1n) is 6.41. The van der Waals surface area contributed by atoms with Crippen LogP contribution >= 0.6 is 0 Å². The fourth-order valence-corrected chi connectivity index (χ4v) is 1.70. The van der Waals surface area contributed by atoms with Gasteiger partial charge in [-0.1, -0.05) is 27.7 Å². The normalized spacial score (nSPS) is 13.2. The number of carbonyl (C=O) groups excluding carboxylic acids is 1. The second-order valence-corrected chi connectivity index (χ2v) is 5.24. The van der Waals surface area contributed by atoms with Crippen LogP contribution < -0.4 is 10.6 Å². The molecule has 0 aliphatic heterocycles. The molecule has 1 unspecified atom stereocenters. The highest BCUT2D eigenvalue weighted by Gasteiger charge is 2.20. The molecule has 3 nitrogen and oxygen atoms in total. The van der Waals surface area contributed by atoms with E-state index < -0.39 is 0 Å². The van der Waals surface area contributed by atoms with Crippen molar-refractivity contribution in [2.45, 2.75) is 40.5 Å². The Morgan fingerprint density at radius 2 is 1.81 bits per heavy atom. The van der Waals surface area contributed by atoms with Gasteiger partial charge in [0.15, 0.2) is 0 Å². The summed E-state index contributed by atoms with van der Waals surface area (Å²) in [7, 11) is 1.89. The molecule has 3 heteroatoms. The second-order valence-electron chi connectivity index (χ2n) is 5.24. The zero-order valence-corrected chi connectivity index (χ0v) is 11.5. The summed E-state index contributed by atoms with van der Waals surface area (Å²) in [6, 6.07) is 0. The van der Waals surface area contributed by atoms with Crippen LogP contribution in [0.4, 0.5) is 0 Å². The van der Waals surface area contributed by atoms with Crippen molar-refractivity contribution in [1.82, 2.24) is 10.6 Å². The Kier molecular flexibility index (Phi) is 8.26. The van der Waals surface area contributed by atoms with Crippen LogP contribution in [-0.4, -0.2) is 26.0 Å². The number of carbonyl (C=O) groups is 1. The van der Waals surface area contributed by atoms with E-state index in [0.29, 0.717) is 5.92 Å². The minimum atomic E-state index is 0.0871. The summed E-state index contributed by atoms with van der Waals surface area (Å²) >= 11 is 0. The van der Waals surface area contributed by atoms with Gasteiger partial charge in [-0.3, -0.25) is 4.79 Å². The van der Waals surface area contributed by atoms with Gasteiger partial charge in [-0.15, -0.1) is 0 Å². The molecule has 0 aliphatic rings. The van der Waals surface area contributed by atoms with Crippen molar-refractivity contribution in [3.05, 3.63) is 0 Å². The monoisotopic (exact) mass is 228 g/mol. The van der Waals surface area contributed by atoms with Crippen LogP contribution in [0.15, 0.2) is 0 Å². The third-order valence-electron chi connectivity index (χ3n) is 2.82. The summed E-state index contributed by atoms with van der Waals surface area (Å²) < 4.78 is 0. The summed E-state index contributed by atoms with van der Waals surface area (Å²) in [5.74, 6) is 1.38. The van der Waals surface area contributed by atoms with E-state index in [9.17, 15) is 4.79 Å². The third kappa shape index (κ3) is 6.83. The molecule has 0 aromatic rings. The van der Waals surface area contributed by atoms with Crippen molar-refractivity contribution >= 4 is 5.91 Å². The third-order valence-corrected chi connectivity index (χ3v) is 2.82. The Morgan fingerprint density at radius 3 is 2.25 bits per heavy atom. The van der Waals surface area contributed by atoms with Gasteiger partial charge >= 0.3 is 0 Å². The summed E-state index contributed by atoms with van der Waals surface area (Å²) in [5.41, 5.74) is 0. The van der Waals surface area contributed by atoms with E-state index >= 15 is 0 Å². The molecule has 1 amide bonds. The lowest BCUT2D eigenvalue weighted by Gasteiger charge is -2.19. The van der Waals surface area contributed by atoms with E-state index in [1.54, 1.807) is 0 Å². The molecular formula is C13H28N2O. The molecule has 0 rings (SSSR count). The minimum absolute atomic E-state index is 0.0871. The van der Waals surface area contributed by atoms with E-state index in [1.807, 2.05) is 7.05 Å². The van der Waals surface area contributed by atoms with Gasteiger partial charge in [0, 0.05) is 13.1 Å². The van der Waals surface area contributed by atoms with Crippen LogP contribution in [0.25, 0.3) is 0 Å². The summed E-state index contributed by atoms with van der Waals surface area (Å²) in [6.45, 7) is 10.2. The van der Waals surface area contributed by atoms with Gasteiger partial charge in [0.25, 0.3) is 0 Å². The lowest BCUT2D eigenvalue weighted by Crippen LogP contribution is -2.39. The fourth-order valence-electron chi connectivity index (χ4n) is 1.70. The number of hydrogen-bond donors (Lipinski definition) is 2. The number of nitrogens with one attached hydrogen (secondary N) is 2. The first kappa shape index (κ1) is 15.4. The lowest BCUT2D eigenvalue weighted by atomic mass is 9.95. The molecule has 0 aromatic carbocycles. The van der Waals surface area contributed by atoms with Gasteiger partial charge in [0.05, 0.1) is 5.92 Å². The van der Waals surface area contributed by atoms with Crippen LogP contribution in [0.3, 0.4) is 0 Å². The maximum absolute atomic E-state index is 11.9. The minimum Gasteiger partial charge on any atom is -0.356 e. The molecule has 0 bridgehead atoms. The van der Waals surface area contributed by atoms with E-state index in [4.69, 9.17) is 0 Å². The van der Waals surface area contributed by atoms with Crippen LogP contribution in [-0.2, 0) is 4.79 Å². The number of amides is 1. The zero-order chi connectivity index (χ0) is 12.6. The standard InChI is InChI=1S/C13H28N2O/c1-10(2)7-6-8-15-13(16)12(9-14-5)11(3)4/h10-12,14H,6-9H2,1-5H3,(H,15,16). The largest absolute Gasteiger partial charge is 0.356 e. The molecule has 0 radical (unpaired) electrons. The molecule has 0 fully saturated rings. The average molecular weight is 228 g/mol. The van der Waals surface area contributed by atoms with Gasteiger partial charge in [0.2, 0.25) is 5.91 Å². The maximum Gasteiger partial charge on any atom is 0.224 e. The van der Waals surface area contributed by atoms with Gasteiger partial charge < -0.3 is 10.6 Å². The van der Waals surface area contributed by atoms with Crippen LogP contribution in [0.1, 0.15) is 40.5 Å². The second kappa shape index (κ2) is 8.57. The van der Waals surface area contributed by atoms with E-state index in [1.165, 1.54) is 6.42 Å². The Hall–Kier alpha value is -0.570. The first-order valence-corrected chi connectivity index (χ1v) is 6.41. The fraction of sp³-hybridized carbons (Fsp3) is 0.923. The average Bonchev–Trinajstić information content (AvgIpc) is 2.19. The van der Waals surface area contributed by atoms with E-state index in [-0.39, 0.29) is 11.8 Å². The number of rotatable bonds is 8. The van der Waals surface area contributed by atoms with Crippen molar-refractivity contribution in [1.29, 1.82) is 0 Å². The molecule has 1 atom stereocenters. The maximum atomic E-state index is 11.9. The predicted octanol–water partition coefficient (Wildman–Crippen LogP) is 2.03. The smallest absolute Gasteiger partial charge is 0.224 e. The molecular weight excluding hydrogens is 200 g/mol. The van der Waals surface area contributed by atoms with Crippen molar-refractivity contribution in [3.8, 4) is 0 Å². The van der Waals surface area contributed by atoms with Crippen LogP contribution in [0.5, 0.6) is 0 Å². The molecule has 2 N–H and O–H groups in total. The molecule has 0 saturated carbocycles. The summed E-state index contributed by atoms with van der Waals surface area (Å²) in [6.07, 6.45) is 2.26. The highest BCUT2D eigenvalue weighted by molar-refractivity contribution is 5.79. The molecule has 96 valence electrons. The Morgan fingerprint density at radius 1 is 1.19 bits per heavy atom. The highest BCUT2D eigenvalue weighted by atomic mass is 16.1. The Balaban J connectivity index is 3.83. The molecule has 0 saturated heterocycles. The van der Waals surface area contributed by atoms with Crippen LogP contribution in [0.2, 0.25) is 0 Å². The molecule has 16 heavy (non-hydrogen) atoms. The molecule has 0 heterocycles. The van der Waals surface area contributed by atoms with Crippen molar-refractivity contribution in [3.63, 3.8) is 0 Å². The summed E-state index contributed by atoms with van der Waals surface area (Å²) in [4.78, 5) is 11.9. The Labute approximate surface area is 100 Å².